The number of aromatic nitrogens is 2. The van der Waals surface area contributed by atoms with Crippen molar-refractivity contribution in [1.29, 1.82) is 0 Å². The van der Waals surface area contributed by atoms with Crippen LogP contribution in [0.1, 0.15) is 31.2 Å². The molecular weight excluding hydrogens is 458 g/mol. The van der Waals surface area contributed by atoms with Crippen molar-refractivity contribution in [2.75, 3.05) is 25.5 Å². The minimum atomic E-state index is -0.904. The van der Waals surface area contributed by atoms with Gasteiger partial charge in [0.25, 0.3) is 0 Å². The summed E-state index contributed by atoms with van der Waals surface area (Å²) in [6.45, 7) is 3.92. The topological polar surface area (TPSA) is 90.4 Å². The van der Waals surface area contributed by atoms with Gasteiger partial charge in [-0.1, -0.05) is 60.2 Å². The van der Waals surface area contributed by atoms with Gasteiger partial charge in [-0.25, -0.2) is 4.79 Å². The number of nitrogens with zero attached hydrogens (tertiary/aromatic N) is 2. The maximum atomic E-state index is 10.7. The van der Waals surface area contributed by atoms with Crippen LogP contribution in [0.25, 0.3) is 22.4 Å². The quantitative estimate of drug-likeness (QED) is 0.344. The Bertz CT molecular complexity index is 1090. The SMILES string of the molecule is Cc1ccc(-c2nn(C[C@H]3CC[C@@H](COCC(=O)O)CC3)c(SCCN)c2-c2ccccc2)cc1. The Hall–Kier alpha value is -2.61. The Morgan fingerprint density at radius 1 is 1.06 bits per heavy atom. The normalized spacial score (nSPS) is 18.0. The molecule has 7 heteroatoms. The molecule has 3 aromatic rings. The Balaban J connectivity index is 1.59. The van der Waals surface area contributed by atoms with Crippen LogP contribution in [0.4, 0.5) is 0 Å². The van der Waals surface area contributed by atoms with E-state index in [-0.39, 0.29) is 6.61 Å². The molecule has 2 aromatic carbocycles. The zero-order valence-electron chi connectivity index (χ0n) is 20.4. The molecule has 6 nitrogen and oxygen atoms in total. The summed E-state index contributed by atoms with van der Waals surface area (Å²) in [6, 6.07) is 19.1. The van der Waals surface area contributed by atoms with Crippen molar-refractivity contribution in [3.05, 3.63) is 60.2 Å². The van der Waals surface area contributed by atoms with Crippen molar-refractivity contribution in [2.24, 2.45) is 17.6 Å². The number of nitrogens with two attached hydrogens (primary N) is 1. The lowest BCUT2D eigenvalue weighted by Gasteiger charge is -2.28. The second-order valence-electron chi connectivity index (χ2n) is 9.38. The highest BCUT2D eigenvalue weighted by atomic mass is 32.2. The van der Waals surface area contributed by atoms with Gasteiger partial charge >= 0.3 is 5.97 Å². The summed E-state index contributed by atoms with van der Waals surface area (Å²) < 4.78 is 7.56. The van der Waals surface area contributed by atoms with Crippen LogP contribution >= 0.6 is 11.8 Å². The van der Waals surface area contributed by atoms with E-state index in [2.05, 4.69) is 60.1 Å². The minimum absolute atomic E-state index is 0.209. The van der Waals surface area contributed by atoms with E-state index in [9.17, 15) is 4.79 Å². The Morgan fingerprint density at radius 2 is 1.74 bits per heavy atom. The summed E-state index contributed by atoms with van der Waals surface area (Å²) in [5.41, 5.74) is 11.6. The van der Waals surface area contributed by atoms with Crippen molar-refractivity contribution >= 4 is 17.7 Å². The van der Waals surface area contributed by atoms with E-state index in [1.54, 1.807) is 11.8 Å². The summed E-state index contributed by atoms with van der Waals surface area (Å²) in [6.07, 6.45) is 4.32. The van der Waals surface area contributed by atoms with Gasteiger partial charge in [0.1, 0.15) is 17.3 Å². The summed E-state index contributed by atoms with van der Waals surface area (Å²) >= 11 is 1.79. The first-order chi connectivity index (χ1) is 17.0. The number of benzene rings is 2. The van der Waals surface area contributed by atoms with Gasteiger partial charge in [0, 0.05) is 30.0 Å². The molecule has 186 valence electrons. The lowest BCUT2D eigenvalue weighted by molar-refractivity contribution is -0.142. The van der Waals surface area contributed by atoms with Gasteiger partial charge in [-0.05, 0) is 50.0 Å². The first-order valence-corrected chi connectivity index (χ1v) is 13.4. The summed E-state index contributed by atoms with van der Waals surface area (Å²) in [4.78, 5) is 10.7. The molecule has 1 aliphatic rings. The number of thioether (sulfide) groups is 1. The fourth-order valence-corrected chi connectivity index (χ4v) is 5.72. The van der Waals surface area contributed by atoms with Crippen molar-refractivity contribution in [2.45, 2.75) is 44.2 Å². The molecule has 0 spiro atoms. The number of aliphatic carboxylic acids is 1. The molecule has 4 rings (SSSR count). The van der Waals surface area contributed by atoms with E-state index in [0.717, 1.165) is 49.2 Å². The highest BCUT2D eigenvalue weighted by Gasteiger charge is 2.26. The molecule has 1 heterocycles. The molecule has 0 radical (unpaired) electrons. The summed E-state index contributed by atoms with van der Waals surface area (Å²) in [5, 5.41) is 15.2. The first-order valence-electron chi connectivity index (χ1n) is 12.4. The molecule has 0 aliphatic heterocycles. The number of carboxylic acids is 1. The molecule has 0 atom stereocenters. The van der Waals surface area contributed by atoms with Crippen LogP contribution in [0.2, 0.25) is 0 Å². The van der Waals surface area contributed by atoms with E-state index < -0.39 is 5.97 Å². The van der Waals surface area contributed by atoms with Gasteiger partial charge in [0.15, 0.2) is 0 Å². The maximum Gasteiger partial charge on any atom is 0.329 e. The van der Waals surface area contributed by atoms with Crippen molar-refractivity contribution < 1.29 is 14.6 Å². The minimum Gasteiger partial charge on any atom is -0.480 e. The molecule has 0 bridgehead atoms. The number of aryl methyl sites for hydroxylation is 1. The molecule has 3 N–H and O–H groups in total. The van der Waals surface area contributed by atoms with Crippen LogP contribution in [-0.2, 0) is 16.1 Å². The van der Waals surface area contributed by atoms with E-state index in [0.29, 0.717) is 25.0 Å². The molecule has 0 amide bonds. The van der Waals surface area contributed by atoms with E-state index in [1.807, 2.05) is 6.07 Å². The lowest BCUT2D eigenvalue weighted by atomic mass is 9.82. The van der Waals surface area contributed by atoms with Gasteiger partial charge in [-0.3, -0.25) is 4.68 Å². The number of hydrogen-bond acceptors (Lipinski definition) is 5. The molecule has 0 unspecified atom stereocenters. The molecule has 1 aromatic heterocycles. The molecular formula is C28H35N3O3S. The second kappa shape index (κ2) is 12.4. The largest absolute Gasteiger partial charge is 0.480 e. The average molecular weight is 494 g/mol. The first kappa shape index (κ1) is 25.5. The molecule has 1 fully saturated rings. The highest BCUT2D eigenvalue weighted by Crippen LogP contribution is 2.41. The highest BCUT2D eigenvalue weighted by molar-refractivity contribution is 7.99. The number of hydrogen-bond donors (Lipinski definition) is 2. The lowest BCUT2D eigenvalue weighted by Crippen LogP contribution is -2.23. The van der Waals surface area contributed by atoms with Gasteiger partial charge in [-0.2, -0.15) is 5.10 Å². The molecule has 1 aliphatic carbocycles. The average Bonchev–Trinajstić information content (AvgIpc) is 3.22. The molecule has 35 heavy (non-hydrogen) atoms. The van der Waals surface area contributed by atoms with Crippen LogP contribution in [-0.4, -0.2) is 46.4 Å². The summed E-state index contributed by atoms with van der Waals surface area (Å²) in [7, 11) is 0. The van der Waals surface area contributed by atoms with Crippen LogP contribution in [0.5, 0.6) is 0 Å². The maximum absolute atomic E-state index is 10.7. The van der Waals surface area contributed by atoms with Crippen molar-refractivity contribution in [3.8, 4) is 22.4 Å². The third-order valence-corrected chi connectivity index (χ3v) is 7.75. The second-order valence-corrected chi connectivity index (χ2v) is 10.5. The van der Waals surface area contributed by atoms with Crippen LogP contribution in [0.3, 0.4) is 0 Å². The number of rotatable bonds is 11. The third-order valence-electron chi connectivity index (χ3n) is 6.63. The van der Waals surface area contributed by atoms with Gasteiger partial charge in [0.2, 0.25) is 0 Å². The Morgan fingerprint density at radius 3 is 2.40 bits per heavy atom. The Kier molecular flexibility index (Phi) is 9.01. The monoisotopic (exact) mass is 493 g/mol. The smallest absolute Gasteiger partial charge is 0.329 e. The van der Waals surface area contributed by atoms with Crippen molar-refractivity contribution in [1.82, 2.24) is 9.78 Å². The predicted molar refractivity (Wildman–Crippen MR) is 142 cm³/mol. The number of carbonyl (C=O) groups is 1. The Labute approximate surface area is 211 Å². The zero-order valence-corrected chi connectivity index (χ0v) is 21.2. The van der Waals surface area contributed by atoms with Gasteiger partial charge < -0.3 is 15.6 Å². The fraction of sp³-hybridized carbons (Fsp3) is 0.429. The van der Waals surface area contributed by atoms with Crippen molar-refractivity contribution in [3.63, 3.8) is 0 Å². The standard InChI is InChI=1S/C28H35N3O3S/c1-20-7-13-24(14-8-20)27-26(23-5-3-2-4-6-23)28(35-16-15-29)31(30-27)17-21-9-11-22(12-10-21)18-34-19-25(32)33/h2-8,13-14,21-22H,9-12,15-19,29H2,1H3,(H,32,33)/t21-,22+. The van der Waals surface area contributed by atoms with Crippen LogP contribution in [0, 0.1) is 18.8 Å². The van der Waals surface area contributed by atoms with E-state index in [4.69, 9.17) is 20.7 Å². The van der Waals surface area contributed by atoms with Gasteiger partial charge in [-0.15, -0.1) is 11.8 Å². The van der Waals surface area contributed by atoms with E-state index >= 15 is 0 Å². The number of ether oxygens (including phenoxy) is 1. The van der Waals surface area contributed by atoms with Crippen LogP contribution < -0.4 is 5.73 Å². The van der Waals surface area contributed by atoms with Gasteiger partial charge in [0.05, 0.1) is 6.61 Å². The third kappa shape index (κ3) is 6.75. The molecule has 0 saturated heterocycles. The molecule has 1 saturated carbocycles. The van der Waals surface area contributed by atoms with Crippen LogP contribution in [0.15, 0.2) is 59.6 Å². The van der Waals surface area contributed by atoms with E-state index in [1.165, 1.54) is 21.7 Å². The fourth-order valence-electron chi connectivity index (χ4n) is 4.79. The predicted octanol–water partition coefficient (Wildman–Crippen LogP) is 5.48. The number of carboxylic acid groups (broad SMARTS) is 1. The summed E-state index contributed by atoms with van der Waals surface area (Å²) in [5.74, 6) is 0.917. The zero-order chi connectivity index (χ0) is 24.6.